The van der Waals surface area contributed by atoms with Gasteiger partial charge in [0.2, 0.25) is 0 Å². The SMILES string of the molecule is c1nncc2cc3cnncc3cc12. The summed E-state index contributed by atoms with van der Waals surface area (Å²) in [6, 6.07) is 4.07. The van der Waals surface area contributed by atoms with E-state index < -0.39 is 0 Å². The minimum Gasteiger partial charge on any atom is -0.158 e. The van der Waals surface area contributed by atoms with Gasteiger partial charge in [0.1, 0.15) is 0 Å². The molecule has 4 heteroatoms. The van der Waals surface area contributed by atoms with E-state index in [-0.39, 0.29) is 0 Å². The van der Waals surface area contributed by atoms with E-state index in [0.717, 1.165) is 21.5 Å². The lowest BCUT2D eigenvalue weighted by atomic mass is 10.1. The van der Waals surface area contributed by atoms with E-state index in [1.807, 2.05) is 12.1 Å². The van der Waals surface area contributed by atoms with E-state index in [9.17, 15) is 0 Å². The van der Waals surface area contributed by atoms with Crippen molar-refractivity contribution in [3.63, 3.8) is 0 Å². The van der Waals surface area contributed by atoms with Crippen LogP contribution in [0.1, 0.15) is 0 Å². The first kappa shape index (κ1) is 7.32. The van der Waals surface area contributed by atoms with Gasteiger partial charge in [-0.2, -0.15) is 20.4 Å². The molecule has 1 aromatic carbocycles. The second kappa shape index (κ2) is 2.70. The predicted octanol–water partition coefficient (Wildman–Crippen LogP) is 1.57. The molecule has 4 nitrogen and oxygen atoms in total. The lowest BCUT2D eigenvalue weighted by Crippen LogP contribution is -1.83. The Bertz CT molecular complexity index is 501. The van der Waals surface area contributed by atoms with Crippen molar-refractivity contribution in [1.82, 2.24) is 20.4 Å². The molecule has 0 aliphatic carbocycles. The van der Waals surface area contributed by atoms with Gasteiger partial charge in [-0.3, -0.25) is 0 Å². The molecular formula is C10H6N4. The molecule has 0 radical (unpaired) electrons. The maximum atomic E-state index is 3.83. The Morgan fingerprint density at radius 3 is 1.07 bits per heavy atom. The molecule has 0 aliphatic heterocycles. The van der Waals surface area contributed by atoms with E-state index in [2.05, 4.69) is 20.4 Å². The molecule has 3 rings (SSSR count). The van der Waals surface area contributed by atoms with Crippen molar-refractivity contribution >= 4 is 21.5 Å². The van der Waals surface area contributed by atoms with Crippen LogP contribution in [0.3, 0.4) is 0 Å². The second-order valence-electron chi connectivity index (χ2n) is 3.09. The minimum atomic E-state index is 1.07. The monoisotopic (exact) mass is 182 g/mol. The zero-order valence-electron chi connectivity index (χ0n) is 7.25. The summed E-state index contributed by atoms with van der Waals surface area (Å²) in [6.07, 6.45) is 6.98. The third-order valence-electron chi connectivity index (χ3n) is 2.21. The normalized spacial score (nSPS) is 10.9. The minimum absolute atomic E-state index is 1.07. The fourth-order valence-corrected chi connectivity index (χ4v) is 1.50. The summed E-state index contributed by atoms with van der Waals surface area (Å²) in [5.41, 5.74) is 0. The number of nitrogens with zero attached hydrogens (tertiary/aromatic N) is 4. The van der Waals surface area contributed by atoms with Crippen molar-refractivity contribution in [3.8, 4) is 0 Å². The van der Waals surface area contributed by atoms with Crippen molar-refractivity contribution in [2.24, 2.45) is 0 Å². The first-order chi connectivity index (χ1) is 6.93. The van der Waals surface area contributed by atoms with Gasteiger partial charge in [0.05, 0.1) is 24.8 Å². The van der Waals surface area contributed by atoms with Crippen LogP contribution < -0.4 is 0 Å². The molecule has 0 fully saturated rings. The number of hydrogen-bond acceptors (Lipinski definition) is 4. The first-order valence-corrected chi connectivity index (χ1v) is 4.24. The standard InChI is InChI=1S/C10H6N4/c1-7-3-11-13-5-9(7)2-10-6-14-12-4-8(1)10/h1-6H. The van der Waals surface area contributed by atoms with Crippen LogP contribution in [0.5, 0.6) is 0 Å². The highest BCUT2D eigenvalue weighted by atomic mass is 15.1. The Labute approximate surface area is 79.6 Å². The summed E-state index contributed by atoms with van der Waals surface area (Å²) in [6.45, 7) is 0. The summed E-state index contributed by atoms with van der Waals surface area (Å²) >= 11 is 0. The Kier molecular flexibility index (Phi) is 1.41. The average molecular weight is 182 g/mol. The van der Waals surface area contributed by atoms with Crippen molar-refractivity contribution in [2.75, 3.05) is 0 Å². The third-order valence-corrected chi connectivity index (χ3v) is 2.21. The van der Waals surface area contributed by atoms with Crippen molar-refractivity contribution in [3.05, 3.63) is 36.9 Å². The Hall–Kier alpha value is -2.10. The summed E-state index contributed by atoms with van der Waals surface area (Å²) in [4.78, 5) is 0. The number of benzene rings is 1. The molecule has 0 saturated carbocycles. The van der Waals surface area contributed by atoms with Gasteiger partial charge in [-0.1, -0.05) is 0 Å². The van der Waals surface area contributed by atoms with E-state index >= 15 is 0 Å². The molecule has 2 heterocycles. The lowest BCUT2D eigenvalue weighted by molar-refractivity contribution is 1.05. The molecule has 0 bridgehead atoms. The van der Waals surface area contributed by atoms with E-state index in [1.165, 1.54) is 0 Å². The van der Waals surface area contributed by atoms with Crippen LogP contribution in [0, 0.1) is 0 Å². The summed E-state index contributed by atoms with van der Waals surface area (Å²) in [7, 11) is 0. The van der Waals surface area contributed by atoms with Gasteiger partial charge in [0.15, 0.2) is 0 Å². The van der Waals surface area contributed by atoms with Crippen molar-refractivity contribution in [1.29, 1.82) is 0 Å². The lowest BCUT2D eigenvalue weighted by Gasteiger charge is -1.98. The van der Waals surface area contributed by atoms with E-state index in [4.69, 9.17) is 0 Å². The highest BCUT2D eigenvalue weighted by Gasteiger charge is 1.97. The molecule has 2 aromatic heterocycles. The quantitative estimate of drug-likeness (QED) is 0.495. The van der Waals surface area contributed by atoms with Crippen LogP contribution in [0.25, 0.3) is 21.5 Å². The Morgan fingerprint density at radius 1 is 0.500 bits per heavy atom. The van der Waals surface area contributed by atoms with Crippen LogP contribution in [-0.4, -0.2) is 20.4 Å². The largest absolute Gasteiger partial charge is 0.158 e. The van der Waals surface area contributed by atoms with E-state index in [0.29, 0.717) is 0 Å². The number of fused-ring (bicyclic) bond motifs is 2. The Balaban J connectivity index is 2.52. The first-order valence-electron chi connectivity index (χ1n) is 4.24. The third kappa shape index (κ3) is 1.01. The topological polar surface area (TPSA) is 51.6 Å². The molecule has 0 spiro atoms. The molecule has 0 aliphatic rings. The van der Waals surface area contributed by atoms with Gasteiger partial charge in [0.25, 0.3) is 0 Å². The summed E-state index contributed by atoms with van der Waals surface area (Å²) in [5.74, 6) is 0. The highest BCUT2D eigenvalue weighted by molar-refractivity contribution is 5.96. The van der Waals surface area contributed by atoms with Crippen LogP contribution >= 0.6 is 0 Å². The Morgan fingerprint density at radius 2 is 0.786 bits per heavy atom. The van der Waals surface area contributed by atoms with Crippen LogP contribution in [0.2, 0.25) is 0 Å². The van der Waals surface area contributed by atoms with Gasteiger partial charge < -0.3 is 0 Å². The fraction of sp³-hybridized carbons (Fsp3) is 0. The van der Waals surface area contributed by atoms with Crippen molar-refractivity contribution in [2.45, 2.75) is 0 Å². The number of rotatable bonds is 0. The smallest absolute Gasteiger partial charge is 0.0574 e. The van der Waals surface area contributed by atoms with Crippen molar-refractivity contribution < 1.29 is 0 Å². The molecule has 3 aromatic rings. The van der Waals surface area contributed by atoms with Crippen LogP contribution in [0.15, 0.2) is 36.9 Å². The molecule has 14 heavy (non-hydrogen) atoms. The molecular weight excluding hydrogens is 176 g/mol. The van der Waals surface area contributed by atoms with Gasteiger partial charge in [0, 0.05) is 21.5 Å². The van der Waals surface area contributed by atoms with Crippen LogP contribution in [0.4, 0.5) is 0 Å². The summed E-state index contributed by atoms with van der Waals surface area (Å²) < 4.78 is 0. The maximum absolute atomic E-state index is 3.83. The zero-order chi connectivity index (χ0) is 9.38. The van der Waals surface area contributed by atoms with E-state index in [1.54, 1.807) is 24.8 Å². The fourth-order valence-electron chi connectivity index (χ4n) is 1.50. The number of hydrogen-bond donors (Lipinski definition) is 0. The molecule has 66 valence electrons. The molecule has 0 amide bonds. The molecule has 0 N–H and O–H groups in total. The van der Waals surface area contributed by atoms with Gasteiger partial charge >= 0.3 is 0 Å². The van der Waals surface area contributed by atoms with Crippen LogP contribution in [-0.2, 0) is 0 Å². The second-order valence-corrected chi connectivity index (χ2v) is 3.09. The predicted molar refractivity (Wildman–Crippen MR) is 52.6 cm³/mol. The number of aromatic nitrogens is 4. The molecule has 0 atom stereocenters. The zero-order valence-corrected chi connectivity index (χ0v) is 7.25. The maximum Gasteiger partial charge on any atom is 0.0574 e. The molecule has 0 unspecified atom stereocenters. The van der Waals surface area contributed by atoms with Gasteiger partial charge in [-0.25, -0.2) is 0 Å². The summed E-state index contributed by atoms with van der Waals surface area (Å²) in [5, 5.41) is 19.6. The average Bonchev–Trinajstić information content (AvgIpc) is 2.26. The molecule has 0 saturated heterocycles. The van der Waals surface area contributed by atoms with Gasteiger partial charge in [-0.15, -0.1) is 0 Å². The highest BCUT2D eigenvalue weighted by Crippen LogP contribution is 2.19. The van der Waals surface area contributed by atoms with Gasteiger partial charge in [-0.05, 0) is 12.1 Å².